The number of hydrazine groups is 1. The van der Waals surface area contributed by atoms with Gasteiger partial charge in [-0.25, -0.2) is 10.4 Å². The zero-order valence-corrected chi connectivity index (χ0v) is 18.4. The lowest BCUT2D eigenvalue weighted by Crippen LogP contribution is -2.55. The van der Waals surface area contributed by atoms with E-state index in [1.807, 2.05) is 31.2 Å². The lowest BCUT2D eigenvalue weighted by atomic mass is 9.89. The molecular formula is C24H35N3O4. The molecule has 1 aliphatic carbocycles. The quantitative estimate of drug-likeness (QED) is 0.286. The predicted molar refractivity (Wildman–Crippen MR) is 121 cm³/mol. The Balaban J connectivity index is 1.65. The van der Waals surface area contributed by atoms with Gasteiger partial charge in [-0.05, 0) is 49.9 Å². The first kappa shape index (κ1) is 23.3. The second-order valence-corrected chi connectivity index (χ2v) is 8.38. The number of ether oxygens (including phenoxy) is 2. The number of aliphatic hydroxyl groups is 1. The van der Waals surface area contributed by atoms with Crippen molar-refractivity contribution >= 4 is 11.8 Å². The smallest absolute Gasteiger partial charge is 0.266 e. The minimum absolute atomic E-state index is 0.101. The molecule has 0 radical (unpaired) electrons. The molecule has 31 heavy (non-hydrogen) atoms. The van der Waals surface area contributed by atoms with Gasteiger partial charge in [0.15, 0.2) is 5.54 Å². The second kappa shape index (κ2) is 11.3. The molecule has 0 unspecified atom stereocenters. The van der Waals surface area contributed by atoms with Crippen LogP contribution in [0, 0.1) is 5.92 Å². The third-order valence-corrected chi connectivity index (χ3v) is 6.10. The van der Waals surface area contributed by atoms with Crippen LogP contribution in [0.1, 0.15) is 57.4 Å². The summed E-state index contributed by atoms with van der Waals surface area (Å²) in [4.78, 5) is 17.9. The number of hydrogen-bond acceptors (Lipinski definition) is 6. The SMILES string of the molecule is C=CC[C@]1(C(=O)NNCC2CCCCC2)N=C(c2ccc(OCCCO)cc2)O[C@H]1C. The van der Waals surface area contributed by atoms with Crippen LogP contribution in [0.25, 0.3) is 0 Å². The summed E-state index contributed by atoms with van der Waals surface area (Å²) < 4.78 is 11.6. The van der Waals surface area contributed by atoms with E-state index in [1.54, 1.807) is 6.08 Å². The Bertz CT molecular complexity index is 759. The van der Waals surface area contributed by atoms with Crippen LogP contribution in [0.5, 0.6) is 5.75 Å². The monoisotopic (exact) mass is 429 g/mol. The van der Waals surface area contributed by atoms with Crippen molar-refractivity contribution in [1.82, 2.24) is 10.9 Å². The second-order valence-electron chi connectivity index (χ2n) is 8.38. The maximum absolute atomic E-state index is 13.1. The Morgan fingerprint density at radius 3 is 2.74 bits per heavy atom. The van der Waals surface area contributed by atoms with Crippen LogP contribution in [0.3, 0.4) is 0 Å². The summed E-state index contributed by atoms with van der Waals surface area (Å²) in [5, 5.41) is 8.86. The fourth-order valence-electron chi connectivity index (χ4n) is 4.18. The number of nitrogens with zero attached hydrogens (tertiary/aromatic N) is 1. The minimum atomic E-state index is -1.05. The summed E-state index contributed by atoms with van der Waals surface area (Å²) in [6.45, 7) is 7.03. The molecule has 1 aromatic rings. The third kappa shape index (κ3) is 5.86. The van der Waals surface area contributed by atoms with Gasteiger partial charge < -0.3 is 14.6 Å². The van der Waals surface area contributed by atoms with Gasteiger partial charge in [-0.2, -0.15) is 0 Å². The first-order valence-corrected chi connectivity index (χ1v) is 11.3. The highest BCUT2D eigenvalue weighted by Crippen LogP contribution is 2.32. The van der Waals surface area contributed by atoms with Gasteiger partial charge in [0.25, 0.3) is 5.91 Å². The minimum Gasteiger partial charge on any atom is -0.494 e. The Hall–Kier alpha value is -2.38. The predicted octanol–water partition coefficient (Wildman–Crippen LogP) is 3.13. The van der Waals surface area contributed by atoms with Crippen LogP contribution >= 0.6 is 0 Å². The van der Waals surface area contributed by atoms with Crippen molar-refractivity contribution < 1.29 is 19.4 Å². The van der Waals surface area contributed by atoms with E-state index in [1.165, 1.54) is 32.1 Å². The molecule has 0 aromatic heterocycles. The number of rotatable bonds is 11. The Morgan fingerprint density at radius 2 is 2.06 bits per heavy atom. The van der Waals surface area contributed by atoms with Gasteiger partial charge >= 0.3 is 0 Å². The van der Waals surface area contributed by atoms with Gasteiger partial charge in [-0.3, -0.25) is 10.2 Å². The average molecular weight is 430 g/mol. The summed E-state index contributed by atoms with van der Waals surface area (Å²) in [6.07, 6.45) is 8.54. The largest absolute Gasteiger partial charge is 0.494 e. The molecule has 2 aliphatic rings. The van der Waals surface area contributed by atoms with E-state index in [4.69, 9.17) is 19.6 Å². The highest BCUT2D eigenvalue weighted by Gasteiger charge is 2.49. The van der Waals surface area contributed by atoms with Crippen molar-refractivity contribution in [2.24, 2.45) is 10.9 Å². The van der Waals surface area contributed by atoms with Crippen LogP contribution < -0.4 is 15.6 Å². The van der Waals surface area contributed by atoms with E-state index >= 15 is 0 Å². The lowest BCUT2D eigenvalue weighted by molar-refractivity contribution is -0.129. The summed E-state index contributed by atoms with van der Waals surface area (Å²) in [7, 11) is 0. The molecule has 3 N–H and O–H groups in total. The van der Waals surface area contributed by atoms with Crippen molar-refractivity contribution in [1.29, 1.82) is 0 Å². The van der Waals surface area contributed by atoms with Gasteiger partial charge in [0.05, 0.1) is 6.61 Å². The maximum atomic E-state index is 13.1. The van der Waals surface area contributed by atoms with E-state index in [0.717, 1.165) is 12.1 Å². The van der Waals surface area contributed by atoms with Gasteiger partial charge in [-0.1, -0.05) is 25.3 Å². The molecule has 0 bridgehead atoms. The van der Waals surface area contributed by atoms with Crippen LogP contribution in [0.4, 0.5) is 0 Å². The summed E-state index contributed by atoms with van der Waals surface area (Å²) >= 11 is 0. The fraction of sp³-hybridized carbons (Fsp3) is 0.583. The average Bonchev–Trinajstić information content (AvgIpc) is 3.12. The number of hydrogen-bond donors (Lipinski definition) is 3. The van der Waals surface area contributed by atoms with Gasteiger partial charge in [0.2, 0.25) is 5.90 Å². The van der Waals surface area contributed by atoms with E-state index in [2.05, 4.69) is 17.4 Å². The molecule has 3 rings (SSSR count). The zero-order chi connectivity index (χ0) is 22.1. The number of nitrogens with one attached hydrogen (secondary N) is 2. The highest BCUT2D eigenvalue weighted by atomic mass is 16.5. The summed E-state index contributed by atoms with van der Waals surface area (Å²) in [5.41, 5.74) is 5.74. The normalized spacial score (nSPS) is 23.7. The number of amides is 1. The number of aliphatic hydroxyl groups excluding tert-OH is 1. The first-order chi connectivity index (χ1) is 15.1. The highest BCUT2D eigenvalue weighted by molar-refractivity contribution is 6.00. The van der Waals surface area contributed by atoms with Crippen molar-refractivity contribution in [2.45, 2.75) is 63.5 Å². The molecule has 170 valence electrons. The van der Waals surface area contributed by atoms with Gasteiger partial charge in [-0.15, -0.1) is 6.58 Å². The van der Waals surface area contributed by atoms with Crippen LogP contribution in [0.2, 0.25) is 0 Å². The molecule has 2 atom stereocenters. The van der Waals surface area contributed by atoms with Crippen molar-refractivity contribution in [3.63, 3.8) is 0 Å². The molecule has 0 spiro atoms. The molecular weight excluding hydrogens is 394 g/mol. The standard InChI is InChI=1S/C24H35N3O4/c1-3-14-24(23(29)27-25-17-19-8-5-4-6-9-19)18(2)31-22(26-24)20-10-12-21(13-11-20)30-16-7-15-28/h3,10-13,18-19,25,28H,1,4-9,14-17H2,2H3,(H,27,29)/t18-,24-/m0/s1. The van der Waals surface area contributed by atoms with E-state index < -0.39 is 11.6 Å². The number of aliphatic imine (C=N–C) groups is 1. The molecule has 7 nitrogen and oxygen atoms in total. The zero-order valence-electron chi connectivity index (χ0n) is 18.4. The van der Waals surface area contributed by atoms with Crippen molar-refractivity contribution in [3.05, 3.63) is 42.5 Å². The van der Waals surface area contributed by atoms with Gasteiger partial charge in [0, 0.05) is 31.6 Å². The van der Waals surface area contributed by atoms with Crippen LogP contribution in [0.15, 0.2) is 41.9 Å². The van der Waals surface area contributed by atoms with Crippen molar-refractivity contribution in [3.8, 4) is 5.75 Å². The van der Waals surface area contributed by atoms with E-state index in [0.29, 0.717) is 37.0 Å². The molecule has 1 heterocycles. The maximum Gasteiger partial charge on any atom is 0.266 e. The molecule has 7 heteroatoms. The van der Waals surface area contributed by atoms with Crippen LogP contribution in [-0.4, -0.2) is 48.3 Å². The van der Waals surface area contributed by atoms with E-state index in [-0.39, 0.29) is 12.5 Å². The Labute approximate surface area is 184 Å². The molecule has 0 saturated heterocycles. The van der Waals surface area contributed by atoms with Gasteiger partial charge in [0.1, 0.15) is 11.9 Å². The number of benzene rings is 1. The molecule has 1 amide bonds. The molecule has 1 aromatic carbocycles. The van der Waals surface area contributed by atoms with Crippen LogP contribution in [-0.2, 0) is 9.53 Å². The lowest BCUT2D eigenvalue weighted by Gasteiger charge is -2.28. The summed E-state index contributed by atoms with van der Waals surface area (Å²) in [6, 6.07) is 7.40. The Kier molecular flexibility index (Phi) is 8.49. The first-order valence-electron chi connectivity index (χ1n) is 11.3. The summed E-state index contributed by atoms with van der Waals surface area (Å²) in [5.74, 6) is 1.57. The molecule has 1 fully saturated rings. The fourth-order valence-corrected chi connectivity index (χ4v) is 4.18. The number of carbonyl (C=O) groups excluding carboxylic acids is 1. The number of carbonyl (C=O) groups is 1. The van der Waals surface area contributed by atoms with Crippen molar-refractivity contribution in [2.75, 3.05) is 19.8 Å². The third-order valence-electron chi connectivity index (χ3n) is 6.10. The Morgan fingerprint density at radius 1 is 1.32 bits per heavy atom. The van der Waals surface area contributed by atoms with E-state index in [9.17, 15) is 4.79 Å². The molecule has 1 aliphatic heterocycles. The topological polar surface area (TPSA) is 92.2 Å². The molecule has 1 saturated carbocycles.